The van der Waals surface area contributed by atoms with Crippen LogP contribution in [-0.4, -0.2) is 34.9 Å². The molecule has 1 atom stereocenters. The van der Waals surface area contributed by atoms with Gasteiger partial charge < -0.3 is 14.5 Å². The van der Waals surface area contributed by atoms with Gasteiger partial charge in [0.2, 0.25) is 0 Å². The van der Waals surface area contributed by atoms with Gasteiger partial charge in [0.15, 0.2) is 0 Å². The molecule has 1 aliphatic rings. The average molecular weight is 604 g/mol. The number of nitrogens with zero attached hydrogens (tertiary/aromatic N) is 2. The predicted octanol–water partition coefficient (Wildman–Crippen LogP) is 6.25. The number of nitro benzene ring substituents is 1. The molecule has 2 heterocycles. The van der Waals surface area contributed by atoms with E-state index >= 15 is 0 Å². The van der Waals surface area contributed by atoms with Gasteiger partial charge in [-0.1, -0.05) is 26.7 Å². The molecule has 1 N–H and O–H groups in total. The van der Waals surface area contributed by atoms with Crippen LogP contribution in [0.5, 0.6) is 5.75 Å². The van der Waals surface area contributed by atoms with Gasteiger partial charge in [0.25, 0.3) is 11.6 Å². The number of aryl methyl sites for hydroxylation is 2. The van der Waals surface area contributed by atoms with Crippen LogP contribution in [0.2, 0.25) is 0 Å². The highest BCUT2D eigenvalue weighted by Crippen LogP contribution is 2.40. The second-order valence-electron chi connectivity index (χ2n) is 10.6. The van der Waals surface area contributed by atoms with E-state index in [9.17, 15) is 37.7 Å². The zero-order valence-corrected chi connectivity index (χ0v) is 24.0. The van der Waals surface area contributed by atoms with E-state index in [4.69, 9.17) is 9.15 Å². The van der Waals surface area contributed by atoms with Gasteiger partial charge in [-0.15, -0.1) is 0 Å². The fourth-order valence-electron chi connectivity index (χ4n) is 5.31. The molecule has 4 rings (SSSR count). The first kappa shape index (κ1) is 31.5. The number of nitrogens with one attached hydrogen (secondary N) is 1. The van der Waals surface area contributed by atoms with Gasteiger partial charge >= 0.3 is 17.8 Å². The molecular formula is C30H32F3N3O7. The van der Waals surface area contributed by atoms with Crippen molar-refractivity contribution in [1.29, 1.82) is 0 Å². The second kappa shape index (κ2) is 12.4. The molecule has 0 spiro atoms. The number of rotatable bonds is 12. The Balaban J connectivity index is 1.49. The number of nitro groups is 1. The summed E-state index contributed by atoms with van der Waals surface area (Å²) in [6, 6.07) is 6.65. The van der Waals surface area contributed by atoms with Crippen molar-refractivity contribution in [2.75, 3.05) is 13.2 Å². The molecule has 0 aliphatic carbocycles. The second-order valence-corrected chi connectivity index (χ2v) is 10.6. The molecular weight excluding hydrogens is 571 g/mol. The van der Waals surface area contributed by atoms with E-state index in [1.54, 1.807) is 0 Å². The Hall–Kier alpha value is -4.42. The van der Waals surface area contributed by atoms with Gasteiger partial charge in [-0.25, -0.2) is 9.59 Å². The molecule has 1 unspecified atom stereocenters. The molecule has 1 fully saturated rings. The Morgan fingerprint density at radius 3 is 2.33 bits per heavy atom. The minimum Gasteiger partial charge on any atom is -0.493 e. The lowest BCUT2D eigenvalue weighted by Crippen LogP contribution is -2.41. The first-order valence-corrected chi connectivity index (χ1v) is 14.0. The molecule has 0 radical (unpaired) electrons. The molecule has 1 aromatic heterocycles. The van der Waals surface area contributed by atoms with Crippen LogP contribution in [0.25, 0.3) is 11.0 Å². The van der Waals surface area contributed by atoms with E-state index in [-0.39, 0.29) is 29.8 Å². The van der Waals surface area contributed by atoms with Crippen LogP contribution in [-0.2, 0) is 29.4 Å². The minimum atomic E-state index is -4.74. The lowest BCUT2D eigenvalue weighted by molar-refractivity contribution is -0.384. The number of alkyl halides is 3. The molecule has 1 aliphatic heterocycles. The smallest absolute Gasteiger partial charge is 0.417 e. The van der Waals surface area contributed by atoms with E-state index in [1.807, 2.05) is 13.8 Å². The van der Waals surface area contributed by atoms with Crippen molar-refractivity contribution >= 4 is 28.6 Å². The SMILES string of the molecule is CCCc1cc2c(C(F)(F)F)cc(=O)oc2c(CCC)c1OCCCCN1C(=O)NC(C)(c2ccc([N+](=O)[O-])cc2)C1=O. The Labute approximate surface area is 245 Å². The number of hydrogen-bond acceptors (Lipinski definition) is 7. The summed E-state index contributed by atoms with van der Waals surface area (Å²) in [6.07, 6.45) is -1.96. The number of benzene rings is 2. The number of fused-ring (bicyclic) bond motifs is 1. The zero-order valence-electron chi connectivity index (χ0n) is 24.0. The summed E-state index contributed by atoms with van der Waals surface area (Å²) < 4.78 is 52.8. The lowest BCUT2D eigenvalue weighted by atomic mass is 9.92. The number of non-ortho nitro benzene ring substituents is 1. The minimum absolute atomic E-state index is 0.0851. The van der Waals surface area contributed by atoms with Crippen LogP contribution in [0.3, 0.4) is 0 Å². The van der Waals surface area contributed by atoms with Crippen LogP contribution in [0.4, 0.5) is 23.7 Å². The van der Waals surface area contributed by atoms with Crippen LogP contribution >= 0.6 is 0 Å². The van der Waals surface area contributed by atoms with Gasteiger partial charge in [0.1, 0.15) is 16.9 Å². The van der Waals surface area contributed by atoms with Gasteiger partial charge in [-0.2, -0.15) is 13.2 Å². The van der Waals surface area contributed by atoms with Gasteiger partial charge in [-0.3, -0.25) is 19.8 Å². The molecule has 10 nitrogen and oxygen atoms in total. The van der Waals surface area contributed by atoms with Crippen molar-refractivity contribution < 1.29 is 36.8 Å². The third-order valence-electron chi connectivity index (χ3n) is 7.44. The predicted molar refractivity (Wildman–Crippen MR) is 151 cm³/mol. The van der Waals surface area contributed by atoms with E-state index in [0.717, 1.165) is 4.90 Å². The zero-order chi connectivity index (χ0) is 31.5. The fraction of sp³-hybridized carbons (Fsp3) is 0.433. The largest absolute Gasteiger partial charge is 0.493 e. The maximum absolute atomic E-state index is 13.8. The molecule has 0 bridgehead atoms. The lowest BCUT2D eigenvalue weighted by Gasteiger charge is -2.22. The summed E-state index contributed by atoms with van der Waals surface area (Å²) in [5.41, 5.74) is -2.41. The van der Waals surface area contributed by atoms with Crippen molar-refractivity contribution in [3.63, 3.8) is 0 Å². The molecule has 13 heteroatoms. The summed E-state index contributed by atoms with van der Waals surface area (Å²) in [5.74, 6) is -0.104. The number of carbonyl (C=O) groups is 2. The van der Waals surface area contributed by atoms with Gasteiger partial charge in [0, 0.05) is 35.7 Å². The molecule has 43 heavy (non-hydrogen) atoms. The number of unbranched alkanes of at least 4 members (excludes halogenated alkanes) is 1. The standard InChI is InChI=1S/C30H32F3N3O7/c1-4-8-18-16-22-23(30(31,32)33)17-24(37)43-26(22)21(9-5-2)25(18)42-15-7-6-14-35-27(38)29(3,34-28(35)39)19-10-12-20(13-11-19)36(40)41/h10-13,16-17H,4-9,14-15H2,1-3H3,(H,34,39). The highest BCUT2D eigenvalue weighted by Gasteiger charge is 2.48. The summed E-state index contributed by atoms with van der Waals surface area (Å²) in [6.45, 7) is 5.51. The first-order chi connectivity index (χ1) is 20.3. The van der Waals surface area contributed by atoms with Crippen LogP contribution in [0.15, 0.2) is 45.6 Å². The Morgan fingerprint density at radius 1 is 1.05 bits per heavy atom. The first-order valence-electron chi connectivity index (χ1n) is 14.0. The average Bonchev–Trinajstić information content (AvgIpc) is 3.17. The van der Waals surface area contributed by atoms with Crippen molar-refractivity contribution in [1.82, 2.24) is 10.2 Å². The summed E-state index contributed by atoms with van der Waals surface area (Å²) in [4.78, 5) is 49.4. The third-order valence-corrected chi connectivity index (χ3v) is 7.44. The molecule has 2 aromatic carbocycles. The van der Waals surface area contributed by atoms with E-state index in [0.29, 0.717) is 67.0 Å². The number of ether oxygens (including phenoxy) is 1. The highest BCUT2D eigenvalue weighted by molar-refractivity contribution is 6.07. The van der Waals surface area contributed by atoms with E-state index in [2.05, 4.69) is 5.32 Å². The Morgan fingerprint density at radius 2 is 1.72 bits per heavy atom. The number of carbonyl (C=O) groups excluding carboxylic acids is 2. The van der Waals surface area contributed by atoms with Crippen molar-refractivity contribution in [3.05, 3.63) is 79.2 Å². The monoisotopic (exact) mass is 603 g/mol. The number of halogens is 3. The quantitative estimate of drug-likeness (QED) is 0.0851. The number of imide groups is 1. The molecule has 3 amide bonds. The van der Waals surface area contributed by atoms with Crippen LogP contribution in [0, 0.1) is 10.1 Å². The Bertz CT molecular complexity index is 1600. The van der Waals surface area contributed by atoms with Crippen molar-refractivity contribution in [3.8, 4) is 5.75 Å². The van der Waals surface area contributed by atoms with E-state index < -0.39 is 39.8 Å². The molecule has 0 saturated carbocycles. The molecule has 3 aromatic rings. The van der Waals surface area contributed by atoms with Gasteiger partial charge in [-0.05, 0) is 61.9 Å². The fourth-order valence-corrected chi connectivity index (χ4v) is 5.31. The van der Waals surface area contributed by atoms with Crippen molar-refractivity contribution in [2.45, 2.75) is 71.0 Å². The maximum atomic E-state index is 13.8. The number of urea groups is 1. The Kier molecular flexibility index (Phi) is 9.12. The molecule has 1 saturated heterocycles. The summed E-state index contributed by atoms with van der Waals surface area (Å²) in [5, 5.41) is 13.4. The number of hydrogen-bond donors (Lipinski definition) is 1. The topological polar surface area (TPSA) is 132 Å². The molecule has 230 valence electrons. The van der Waals surface area contributed by atoms with E-state index in [1.165, 1.54) is 37.3 Å². The van der Waals surface area contributed by atoms with Crippen LogP contribution < -0.4 is 15.7 Å². The maximum Gasteiger partial charge on any atom is 0.417 e. The van der Waals surface area contributed by atoms with Crippen molar-refractivity contribution in [2.24, 2.45) is 0 Å². The van der Waals surface area contributed by atoms with Gasteiger partial charge in [0.05, 0.1) is 17.1 Å². The van der Waals surface area contributed by atoms with Crippen LogP contribution in [0.1, 0.15) is 68.7 Å². The normalized spacial score (nSPS) is 17.0. The number of amides is 3. The third kappa shape index (κ3) is 6.35. The highest BCUT2D eigenvalue weighted by atomic mass is 19.4. The summed E-state index contributed by atoms with van der Waals surface area (Å²) in [7, 11) is 0. The summed E-state index contributed by atoms with van der Waals surface area (Å²) >= 11 is 0.